The Labute approximate surface area is 242 Å². The van der Waals surface area contributed by atoms with Crippen molar-refractivity contribution in [2.75, 3.05) is 7.11 Å². The molecular formula is C29H24Cl4O4S. The molecule has 9 heteroatoms. The van der Waals surface area contributed by atoms with Crippen molar-refractivity contribution >= 4 is 56.2 Å². The second kappa shape index (κ2) is 11.0. The maximum atomic E-state index is 12.9. The Morgan fingerprint density at radius 3 is 1.47 bits per heavy atom. The first-order valence-corrected chi connectivity index (χ1v) is 14.5. The van der Waals surface area contributed by atoms with Gasteiger partial charge in [0.1, 0.15) is 5.75 Å². The van der Waals surface area contributed by atoms with Gasteiger partial charge in [0.25, 0.3) is 0 Å². The summed E-state index contributed by atoms with van der Waals surface area (Å²) >= 11 is 25.9. The van der Waals surface area contributed by atoms with Crippen LogP contribution in [-0.2, 0) is 15.3 Å². The second-order valence-electron chi connectivity index (χ2n) is 9.26. The number of methoxy groups -OCH3 is 1. The van der Waals surface area contributed by atoms with E-state index < -0.39 is 15.3 Å². The first kappa shape index (κ1) is 28.6. The lowest BCUT2D eigenvalue weighted by Crippen LogP contribution is -2.19. The molecule has 0 saturated heterocycles. The SMILES string of the molecule is COc1c(Cl)cc(C(C)(C)c2cc(Cl)c(Oc3ccc(S(=O)(=O)c4ccc(C)cc4)cc3)c(Cl)c2)cc1Cl. The molecule has 0 aliphatic heterocycles. The smallest absolute Gasteiger partial charge is 0.206 e. The average Bonchev–Trinajstić information content (AvgIpc) is 2.86. The summed E-state index contributed by atoms with van der Waals surface area (Å²) in [7, 11) is -2.15. The molecule has 0 aromatic heterocycles. The minimum atomic E-state index is -3.66. The van der Waals surface area contributed by atoms with Crippen LogP contribution in [0.4, 0.5) is 0 Å². The van der Waals surface area contributed by atoms with Crippen LogP contribution in [0.2, 0.25) is 20.1 Å². The standard InChI is InChI=1S/C29H24Cl4O4S/c1-17-5-9-21(10-6-17)38(34,35)22-11-7-20(8-12-22)37-28-25(32)15-19(16-26(28)33)29(2,3)18-13-23(30)27(36-4)24(31)14-18/h5-16H,1-4H3. The van der Waals surface area contributed by atoms with Gasteiger partial charge in [-0.3, -0.25) is 0 Å². The summed E-state index contributed by atoms with van der Waals surface area (Å²) in [6.07, 6.45) is 0. The summed E-state index contributed by atoms with van der Waals surface area (Å²) in [5.41, 5.74) is 2.08. The Kier molecular flexibility index (Phi) is 8.27. The molecule has 198 valence electrons. The summed E-state index contributed by atoms with van der Waals surface area (Å²) < 4.78 is 37.1. The number of hydrogen-bond acceptors (Lipinski definition) is 4. The van der Waals surface area contributed by atoms with Crippen molar-refractivity contribution in [3.05, 3.63) is 110 Å². The molecule has 0 heterocycles. The number of rotatable bonds is 7. The fourth-order valence-corrected chi connectivity index (χ4v) is 6.43. The summed E-state index contributed by atoms with van der Waals surface area (Å²) in [5, 5.41) is 1.38. The van der Waals surface area contributed by atoms with Gasteiger partial charge in [-0.05, 0) is 78.7 Å². The molecule has 0 spiro atoms. The average molecular weight is 610 g/mol. The van der Waals surface area contributed by atoms with Crippen molar-refractivity contribution < 1.29 is 17.9 Å². The molecular weight excluding hydrogens is 586 g/mol. The van der Waals surface area contributed by atoms with Gasteiger partial charge in [0.15, 0.2) is 11.5 Å². The van der Waals surface area contributed by atoms with Gasteiger partial charge in [0.05, 0.1) is 37.0 Å². The van der Waals surface area contributed by atoms with Gasteiger partial charge in [0.2, 0.25) is 9.84 Å². The molecule has 4 nitrogen and oxygen atoms in total. The van der Waals surface area contributed by atoms with E-state index in [0.717, 1.165) is 16.7 Å². The molecule has 0 aliphatic rings. The Bertz CT molecular complexity index is 1550. The van der Waals surface area contributed by atoms with E-state index in [1.165, 1.54) is 19.2 Å². The maximum absolute atomic E-state index is 12.9. The molecule has 0 amide bonds. The first-order valence-electron chi connectivity index (χ1n) is 11.5. The highest BCUT2D eigenvalue weighted by Gasteiger charge is 2.28. The van der Waals surface area contributed by atoms with Crippen LogP contribution >= 0.6 is 46.4 Å². The molecule has 4 rings (SSSR count). The van der Waals surface area contributed by atoms with E-state index >= 15 is 0 Å². The van der Waals surface area contributed by atoms with Gasteiger partial charge < -0.3 is 9.47 Å². The lowest BCUT2D eigenvalue weighted by Gasteiger charge is -2.28. The second-order valence-corrected chi connectivity index (χ2v) is 12.8. The Morgan fingerprint density at radius 2 is 1.05 bits per heavy atom. The molecule has 0 bridgehead atoms. The van der Waals surface area contributed by atoms with Crippen molar-refractivity contribution in [1.29, 1.82) is 0 Å². The summed E-state index contributed by atoms with van der Waals surface area (Å²) in [5.74, 6) is 1.05. The zero-order chi connectivity index (χ0) is 27.8. The number of sulfone groups is 1. The molecule has 4 aromatic carbocycles. The normalized spacial score (nSPS) is 11.9. The van der Waals surface area contributed by atoms with E-state index in [9.17, 15) is 8.42 Å². The Morgan fingerprint density at radius 1 is 0.658 bits per heavy atom. The predicted molar refractivity (Wildman–Crippen MR) is 155 cm³/mol. The zero-order valence-corrected chi connectivity index (χ0v) is 24.8. The number of aryl methyl sites for hydroxylation is 1. The van der Waals surface area contributed by atoms with Crippen molar-refractivity contribution in [1.82, 2.24) is 0 Å². The van der Waals surface area contributed by atoms with Crippen molar-refractivity contribution in [2.45, 2.75) is 36.0 Å². The van der Waals surface area contributed by atoms with Crippen LogP contribution in [0.15, 0.2) is 82.6 Å². The third-order valence-electron chi connectivity index (χ3n) is 6.33. The molecule has 0 saturated carbocycles. The van der Waals surface area contributed by atoms with Crippen LogP contribution in [0, 0.1) is 6.92 Å². The van der Waals surface area contributed by atoms with Crippen molar-refractivity contribution in [3.8, 4) is 17.2 Å². The Hall–Kier alpha value is -2.41. The minimum absolute atomic E-state index is 0.153. The molecule has 0 atom stereocenters. The van der Waals surface area contributed by atoms with Gasteiger partial charge in [-0.2, -0.15) is 0 Å². The first-order chi connectivity index (χ1) is 17.8. The number of hydrogen-bond donors (Lipinski definition) is 0. The molecule has 0 aliphatic carbocycles. The lowest BCUT2D eigenvalue weighted by molar-refractivity contribution is 0.415. The molecule has 38 heavy (non-hydrogen) atoms. The molecule has 0 unspecified atom stereocenters. The highest BCUT2D eigenvalue weighted by Crippen LogP contribution is 2.44. The fraction of sp³-hybridized carbons (Fsp3) is 0.172. The van der Waals surface area contributed by atoms with E-state index in [1.807, 2.05) is 20.8 Å². The highest BCUT2D eigenvalue weighted by molar-refractivity contribution is 7.91. The van der Waals surface area contributed by atoms with Gasteiger partial charge in [-0.15, -0.1) is 0 Å². The summed E-state index contributed by atoms with van der Waals surface area (Å²) in [4.78, 5) is 0.375. The van der Waals surface area contributed by atoms with Gasteiger partial charge in [-0.25, -0.2) is 8.42 Å². The zero-order valence-electron chi connectivity index (χ0n) is 21.0. The highest BCUT2D eigenvalue weighted by atomic mass is 35.5. The van der Waals surface area contributed by atoms with Crippen molar-refractivity contribution in [2.24, 2.45) is 0 Å². The van der Waals surface area contributed by atoms with Gasteiger partial charge in [-0.1, -0.05) is 77.9 Å². The quantitative estimate of drug-likeness (QED) is 0.209. The number of benzene rings is 4. The largest absolute Gasteiger partial charge is 0.494 e. The van der Waals surface area contributed by atoms with E-state index in [0.29, 0.717) is 31.6 Å². The van der Waals surface area contributed by atoms with Crippen LogP contribution in [-0.4, -0.2) is 15.5 Å². The molecule has 0 N–H and O–H groups in total. The minimum Gasteiger partial charge on any atom is -0.494 e. The molecule has 0 radical (unpaired) electrons. The summed E-state index contributed by atoms with van der Waals surface area (Å²) in [6, 6.07) is 19.9. The van der Waals surface area contributed by atoms with Crippen LogP contribution in [0.1, 0.15) is 30.5 Å². The van der Waals surface area contributed by atoms with Gasteiger partial charge in [0, 0.05) is 5.41 Å². The van der Waals surface area contributed by atoms with E-state index in [1.54, 1.807) is 60.7 Å². The van der Waals surface area contributed by atoms with E-state index in [2.05, 4.69) is 0 Å². The Balaban J connectivity index is 1.61. The van der Waals surface area contributed by atoms with Crippen LogP contribution in [0.5, 0.6) is 17.2 Å². The monoisotopic (exact) mass is 608 g/mol. The lowest BCUT2D eigenvalue weighted by atomic mass is 9.78. The van der Waals surface area contributed by atoms with E-state index in [4.69, 9.17) is 55.9 Å². The molecule has 4 aromatic rings. The maximum Gasteiger partial charge on any atom is 0.206 e. The number of halogens is 4. The van der Waals surface area contributed by atoms with Crippen molar-refractivity contribution in [3.63, 3.8) is 0 Å². The molecule has 0 fully saturated rings. The van der Waals surface area contributed by atoms with Crippen LogP contribution in [0.25, 0.3) is 0 Å². The van der Waals surface area contributed by atoms with Crippen LogP contribution in [0.3, 0.4) is 0 Å². The predicted octanol–water partition coefficient (Wildman–Crippen LogP) is 9.57. The fourth-order valence-electron chi connectivity index (χ4n) is 3.96. The third-order valence-corrected chi connectivity index (χ3v) is 9.24. The third kappa shape index (κ3) is 5.63. The van der Waals surface area contributed by atoms with E-state index in [-0.39, 0.29) is 15.5 Å². The summed E-state index contributed by atoms with van der Waals surface area (Å²) in [6.45, 7) is 5.89. The number of ether oxygens (including phenoxy) is 2. The topological polar surface area (TPSA) is 52.6 Å². The van der Waals surface area contributed by atoms with Gasteiger partial charge >= 0.3 is 0 Å². The van der Waals surface area contributed by atoms with Crippen LogP contribution < -0.4 is 9.47 Å².